The first-order chi connectivity index (χ1) is 10.7. The Kier molecular flexibility index (Phi) is 5.76. The van der Waals surface area contributed by atoms with E-state index in [4.69, 9.17) is 5.11 Å². The smallest absolute Gasteiger partial charge is 0.307 e. The van der Waals surface area contributed by atoms with Crippen LogP contribution in [0.1, 0.15) is 17.5 Å². The lowest BCUT2D eigenvalue weighted by Gasteiger charge is -2.16. The number of carboxylic acid groups (broad SMARTS) is 1. The van der Waals surface area contributed by atoms with Crippen LogP contribution in [-0.4, -0.2) is 42.9 Å². The van der Waals surface area contributed by atoms with E-state index in [0.29, 0.717) is 18.7 Å². The molecule has 1 aliphatic heterocycles. The maximum absolute atomic E-state index is 12.1. The van der Waals surface area contributed by atoms with E-state index < -0.39 is 14.0 Å². The molecule has 126 valence electrons. The molecule has 1 fully saturated rings. The number of rotatable bonds is 7. The molecule has 1 heterocycles. The van der Waals surface area contributed by atoms with Crippen LogP contribution in [0.25, 0.3) is 0 Å². The zero-order valence-corrected chi connectivity index (χ0v) is 15.3. The van der Waals surface area contributed by atoms with E-state index in [9.17, 15) is 9.59 Å². The Morgan fingerprint density at radius 1 is 1.17 bits per heavy atom. The molecule has 0 aliphatic carbocycles. The van der Waals surface area contributed by atoms with Gasteiger partial charge in [0.05, 0.1) is 14.0 Å². The molecule has 5 heteroatoms. The van der Waals surface area contributed by atoms with Crippen LogP contribution in [0, 0.1) is 5.92 Å². The number of ketones is 1. The third-order valence-corrected chi connectivity index (χ3v) is 5.63. The minimum Gasteiger partial charge on any atom is -0.481 e. The molecule has 0 radical (unpaired) electrons. The van der Waals surface area contributed by atoms with Gasteiger partial charge in [-0.3, -0.25) is 14.5 Å². The lowest BCUT2D eigenvalue weighted by Crippen LogP contribution is -2.24. The molecule has 23 heavy (non-hydrogen) atoms. The SMILES string of the molecule is C[Si](C)(C)CC(=O)Cc1ccc(CN2CCC(C(=O)O)C2)cc1. The first kappa shape index (κ1) is 17.9. The van der Waals surface area contributed by atoms with Crippen molar-refractivity contribution in [3.05, 3.63) is 35.4 Å². The van der Waals surface area contributed by atoms with Gasteiger partial charge in [0, 0.05) is 25.6 Å². The Morgan fingerprint density at radius 2 is 1.78 bits per heavy atom. The third-order valence-electron chi connectivity index (χ3n) is 4.18. The zero-order valence-electron chi connectivity index (χ0n) is 14.3. The predicted molar refractivity (Wildman–Crippen MR) is 94.3 cm³/mol. The first-order valence-electron chi connectivity index (χ1n) is 8.27. The molecule has 1 unspecified atom stereocenters. The van der Waals surface area contributed by atoms with Crippen LogP contribution in [-0.2, 0) is 22.6 Å². The molecule has 1 N–H and O–H groups in total. The molecular weight excluding hydrogens is 306 g/mol. The Balaban J connectivity index is 1.85. The average molecular weight is 334 g/mol. The van der Waals surface area contributed by atoms with Crippen molar-refractivity contribution in [2.75, 3.05) is 13.1 Å². The zero-order chi connectivity index (χ0) is 17.0. The minimum absolute atomic E-state index is 0.228. The number of Topliss-reactive ketones (excluding diaryl/α,β-unsaturated/α-hetero) is 1. The summed E-state index contributed by atoms with van der Waals surface area (Å²) in [6.45, 7) is 8.91. The van der Waals surface area contributed by atoms with Crippen LogP contribution >= 0.6 is 0 Å². The van der Waals surface area contributed by atoms with Crippen molar-refractivity contribution in [2.45, 2.75) is 45.1 Å². The molecule has 0 amide bonds. The molecule has 1 aliphatic rings. The highest BCUT2D eigenvalue weighted by atomic mass is 28.3. The van der Waals surface area contributed by atoms with Crippen LogP contribution < -0.4 is 0 Å². The molecule has 2 rings (SSSR count). The number of carboxylic acids is 1. The van der Waals surface area contributed by atoms with Crippen LogP contribution in [0.2, 0.25) is 25.7 Å². The predicted octanol–water partition coefficient (Wildman–Crippen LogP) is 3.04. The number of likely N-dealkylation sites (tertiary alicyclic amines) is 1. The van der Waals surface area contributed by atoms with Gasteiger partial charge in [-0.15, -0.1) is 0 Å². The number of aliphatic carboxylic acids is 1. The highest BCUT2D eigenvalue weighted by molar-refractivity contribution is 6.78. The van der Waals surface area contributed by atoms with Crippen LogP contribution in [0.15, 0.2) is 24.3 Å². The lowest BCUT2D eigenvalue weighted by atomic mass is 10.1. The highest BCUT2D eigenvalue weighted by Gasteiger charge is 2.27. The summed E-state index contributed by atoms with van der Waals surface area (Å²) in [6.07, 6.45) is 1.26. The van der Waals surface area contributed by atoms with Gasteiger partial charge < -0.3 is 5.11 Å². The number of hydrogen-bond donors (Lipinski definition) is 1. The van der Waals surface area contributed by atoms with Gasteiger partial charge in [0.15, 0.2) is 0 Å². The second-order valence-corrected chi connectivity index (χ2v) is 13.3. The summed E-state index contributed by atoms with van der Waals surface area (Å²) in [5.41, 5.74) is 2.25. The van der Waals surface area contributed by atoms with Crippen molar-refractivity contribution in [1.82, 2.24) is 4.90 Å². The topological polar surface area (TPSA) is 57.6 Å². The number of hydrogen-bond acceptors (Lipinski definition) is 3. The van der Waals surface area contributed by atoms with Crippen LogP contribution in [0.3, 0.4) is 0 Å². The summed E-state index contributed by atoms with van der Waals surface area (Å²) < 4.78 is 0. The highest BCUT2D eigenvalue weighted by Crippen LogP contribution is 2.19. The quantitative estimate of drug-likeness (QED) is 0.779. The van der Waals surface area contributed by atoms with E-state index in [1.165, 1.54) is 5.56 Å². The van der Waals surface area contributed by atoms with Gasteiger partial charge in [-0.25, -0.2) is 0 Å². The van der Waals surface area contributed by atoms with Crippen molar-refractivity contribution >= 4 is 19.8 Å². The normalized spacial score (nSPS) is 19.0. The second kappa shape index (κ2) is 7.40. The monoisotopic (exact) mass is 333 g/mol. The van der Waals surface area contributed by atoms with Crippen molar-refractivity contribution in [3.63, 3.8) is 0 Å². The fourth-order valence-electron chi connectivity index (χ4n) is 3.08. The number of benzene rings is 1. The molecule has 0 aromatic heterocycles. The molecule has 1 saturated heterocycles. The van der Waals surface area contributed by atoms with Crippen molar-refractivity contribution in [1.29, 1.82) is 0 Å². The Hall–Kier alpha value is -1.46. The van der Waals surface area contributed by atoms with Crippen LogP contribution in [0.5, 0.6) is 0 Å². The van der Waals surface area contributed by atoms with Gasteiger partial charge in [0.2, 0.25) is 0 Å². The van der Waals surface area contributed by atoms with Gasteiger partial charge in [-0.05, 0) is 24.1 Å². The van der Waals surface area contributed by atoms with Gasteiger partial charge in [-0.2, -0.15) is 0 Å². The molecule has 0 saturated carbocycles. The Morgan fingerprint density at radius 3 is 2.30 bits per heavy atom. The fourth-order valence-corrected chi connectivity index (χ4v) is 4.39. The molecule has 0 spiro atoms. The number of nitrogens with zero attached hydrogens (tertiary/aromatic N) is 1. The van der Waals surface area contributed by atoms with Crippen molar-refractivity contribution in [2.24, 2.45) is 5.92 Å². The summed E-state index contributed by atoms with van der Waals surface area (Å²) in [6, 6.07) is 8.92. The van der Waals surface area contributed by atoms with Gasteiger partial charge >= 0.3 is 5.97 Å². The summed E-state index contributed by atoms with van der Waals surface area (Å²) in [4.78, 5) is 25.2. The van der Waals surface area contributed by atoms with Crippen LogP contribution in [0.4, 0.5) is 0 Å². The van der Waals surface area contributed by atoms with E-state index >= 15 is 0 Å². The third kappa shape index (κ3) is 5.92. The van der Waals surface area contributed by atoms with Gasteiger partial charge in [0.25, 0.3) is 0 Å². The van der Waals surface area contributed by atoms with Crippen molar-refractivity contribution in [3.8, 4) is 0 Å². The van der Waals surface area contributed by atoms with Gasteiger partial charge in [-0.1, -0.05) is 43.9 Å². The van der Waals surface area contributed by atoms with E-state index in [2.05, 4.69) is 36.7 Å². The average Bonchev–Trinajstić information content (AvgIpc) is 2.87. The fraction of sp³-hybridized carbons (Fsp3) is 0.556. The largest absolute Gasteiger partial charge is 0.481 e. The molecule has 4 nitrogen and oxygen atoms in total. The van der Waals surface area contributed by atoms with E-state index in [1.54, 1.807) is 0 Å². The van der Waals surface area contributed by atoms with E-state index in [1.807, 2.05) is 12.1 Å². The van der Waals surface area contributed by atoms with Crippen molar-refractivity contribution < 1.29 is 14.7 Å². The Bertz CT molecular complexity index is 563. The molecule has 0 bridgehead atoms. The maximum atomic E-state index is 12.1. The lowest BCUT2D eigenvalue weighted by molar-refractivity contribution is -0.141. The first-order valence-corrected chi connectivity index (χ1v) is 12.0. The molecule has 1 atom stereocenters. The second-order valence-electron chi connectivity index (χ2n) is 7.83. The number of carbonyl (C=O) groups is 2. The standard InChI is InChI=1S/C18H27NO3Si/c1-23(2,3)13-17(20)10-14-4-6-15(7-5-14)11-19-9-8-16(12-19)18(21)22/h4-7,16H,8-13H2,1-3H3,(H,21,22). The summed E-state index contributed by atoms with van der Waals surface area (Å²) in [5, 5.41) is 9.04. The maximum Gasteiger partial charge on any atom is 0.307 e. The van der Waals surface area contributed by atoms with E-state index in [-0.39, 0.29) is 5.92 Å². The molecule has 1 aromatic rings. The summed E-state index contributed by atoms with van der Waals surface area (Å²) in [7, 11) is -1.33. The Labute approximate surface area is 139 Å². The minimum atomic E-state index is -1.33. The molecular formula is C18H27NO3Si. The summed E-state index contributed by atoms with van der Waals surface area (Å²) >= 11 is 0. The molecule has 1 aromatic carbocycles. The summed E-state index contributed by atoms with van der Waals surface area (Å²) in [5.74, 6) is -0.585. The van der Waals surface area contributed by atoms with Gasteiger partial charge in [0.1, 0.15) is 5.78 Å². The number of carbonyl (C=O) groups excluding carboxylic acids is 1. The van der Waals surface area contributed by atoms with E-state index in [0.717, 1.165) is 31.1 Å².